The fraction of sp³-hybridized carbons (Fsp3) is 0.0952. The highest BCUT2D eigenvalue weighted by Gasteiger charge is 2.13. The maximum Gasteiger partial charge on any atom is 0.227 e. The Kier molecular flexibility index (Phi) is 5.88. The van der Waals surface area contributed by atoms with Crippen molar-refractivity contribution in [3.63, 3.8) is 0 Å². The third kappa shape index (κ3) is 4.82. The van der Waals surface area contributed by atoms with E-state index in [0.717, 1.165) is 4.88 Å². The molecular formula is C21H16ClN3O3S. The quantitative estimate of drug-likeness (QED) is 0.404. The lowest BCUT2D eigenvalue weighted by Gasteiger charge is -2.12. The zero-order valence-corrected chi connectivity index (χ0v) is 16.7. The SMILES string of the molecule is O=C(CCc1nc(-c2cccs2)no1)Nc1ccccc1Oc1ccccc1Cl. The van der Waals surface area contributed by atoms with Gasteiger partial charge in [-0.25, -0.2) is 0 Å². The van der Waals surface area contributed by atoms with Gasteiger partial charge in [0.1, 0.15) is 5.75 Å². The number of hydrogen-bond donors (Lipinski definition) is 1. The molecule has 6 nitrogen and oxygen atoms in total. The molecule has 29 heavy (non-hydrogen) atoms. The summed E-state index contributed by atoms with van der Waals surface area (Å²) >= 11 is 7.68. The Morgan fingerprint density at radius 1 is 1.07 bits per heavy atom. The first kappa shape index (κ1) is 19.2. The monoisotopic (exact) mass is 425 g/mol. The normalized spacial score (nSPS) is 10.7. The number of amides is 1. The van der Waals surface area contributed by atoms with Gasteiger partial charge in [-0.1, -0.05) is 47.1 Å². The number of carbonyl (C=O) groups excluding carboxylic acids is 1. The Hall–Kier alpha value is -3.16. The average molecular weight is 426 g/mol. The molecule has 2 aromatic carbocycles. The van der Waals surface area contributed by atoms with E-state index in [4.69, 9.17) is 20.9 Å². The van der Waals surface area contributed by atoms with Gasteiger partial charge in [-0.2, -0.15) is 4.98 Å². The molecule has 0 aliphatic rings. The molecule has 0 saturated heterocycles. The van der Waals surface area contributed by atoms with Crippen LogP contribution in [0.15, 0.2) is 70.6 Å². The van der Waals surface area contributed by atoms with Gasteiger partial charge in [0.2, 0.25) is 17.6 Å². The number of hydrogen-bond acceptors (Lipinski definition) is 6. The molecule has 2 aromatic heterocycles. The molecule has 4 rings (SSSR count). The van der Waals surface area contributed by atoms with Crippen LogP contribution in [0.1, 0.15) is 12.3 Å². The van der Waals surface area contributed by atoms with Crippen LogP contribution >= 0.6 is 22.9 Å². The number of para-hydroxylation sites is 3. The molecule has 0 radical (unpaired) electrons. The van der Waals surface area contributed by atoms with Gasteiger partial charge in [0.25, 0.3) is 0 Å². The van der Waals surface area contributed by atoms with Crippen molar-refractivity contribution in [1.29, 1.82) is 0 Å². The van der Waals surface area contributed by atoms with Crippen molar-refractivity contribution in [2.45, 2.75) is 12.8 Å². The molecule has 2 heterocycles. The van der Waals surface area contributed by atoms with Crippen molar-refractivity contribution in [3.8, 4) is 22.2 Å². The number of aromatic nitrogens is 2. The maximum absolute atomic E-state index is 12.4. The van der Waals surface area contributed by atoms with E-state index in [1.54, 1.807) is 24.3 Å². The molecule has 0 aliphatic heterocycles. The Morgan fingerprint density at radius 3 is 2.66 bits per heavy atom. The molecule has 4 aromatic rings. The van der Waals surface area contributed by atoms with Crippen LogP contribution in [0.2, 0.25) is 5.02 Å². The molecule has 1 N–H and O–H groups in total. The highest BCUT2D eigenvalue weighted by atomic mass is 35.5. The minimum atomic E-state index is -0.184. The molecule has 0 fully saturated rings. The van der Waals surface area contributed by atoms with Crippen molar-refractivity contribution in [1.82, 2.24) is 10.1 Å². The molecule has 1 amide bonds. The van der Waals surface area contributed by atoms with Gasteiger partial charge in [-0.05, 0) is 35.7 Å². The third-order valence-electron chi connectivity index (χ3n) is 3.99. The number of aryl methyl sites for hydroxylation is 1. The Morgan fingerprint density at radius 2 is 1.86 bits per heavy atom. The van der Waals surface area contributed by atoms with Gasteiger partial charge in [-0.15, -0.1) is 11.3 Å². The molecular weight excluding hydrogens is 410 g/mol. The van der Waals surface area contributed by atoms with E-state index in [1.165, 1.54) is 11.3 Å². The summed E-state index contributed by atoms with van der Waals surface area (Å²) in [6.45, 7) is 0. The van der Waals surface area contributed by atoms with Gasteiger partial charge >= 0.3 is 0 Å². The van der Waals surface area contributed by atoms with E-state index in [2.05, 4.69) is 15.5 Å². The summed E-state index contributed by atoms with van der Waals surface area (Å²) in [7, 11) is 0. The van der Waals surface area contributed by atoms with Gasteiger partial charge in [0.15, 0.2) is 5.75 Å². The molecule has 0 unspecified atom stereocenters. The van der Waals surface area contributed by atoms with Crippen molar-refractivity contribution >= 4 is 34.5 Å². The number of rotatable bonds is 7. The van der Waals surface area contributed by atoms with E-state index < -0.39 is 0 Å². The van der Waals surface area contributed by atoms with Crippen LogP contribution < -0.4 is 10.1 Å². The number of anilines is 1. The molecule has 8 heteroatoms. The molecule has 0 aliphatic carbocycles. The smallest absolute Gasteiger partial charge is 0.227 e. The third-order valence-corrected chi connectivity index (χ3v) is 5.17. The largest absolute Gasteiger partial charge is 0.454 e. The van der Waals surface area contributed by atoms with Gasteiger partial charge in [-0.3, -0.25) is 4.79 Å². The van der Waals surface area contributed by atoms with Crippen molar-refractivity contribution in [2.24, 2.45) is 0 Å². The van der Waals surface area contributed by atoms with Crippen LogP contribution in [0, 0.1) is 0 Å². The van der Waals surface area contributed by atoms with E-state index >= 15 is 0 Å². The summed E-state index contributed by atoms with van der Waals surface area (Å²) in [5, 5.41) is 9.25. The predicted molar refractivity (Wildman–Crippen MR) is 113 cm³/mol. The summed E-state index contributed by atoms with van der Waals surface area (Å²) < 4.78 is 11.1. The second-order valence-corrected chi connectivity index (χ2v) is 7.42. The zero-order chi connectivity index (χ0) is 20.1. The van der Waals surface area contributed by atoms with Gasteiger partial charge in [0, 0.05) is 12.8 Å². The summed E-state index contributed by atoms with van der Waals surface area (Å²) in [5.41, 5.74) is 0.558. The lowest BCUT2D eigenvalue weighted by Crippen LogP contribution is -2.13. The van der Waals surface area contributed by atoms with Crippen LogP contribution in [0.5, 0.6) is 11.5 Å². The molecule has 0 bridgehead atoms. The Labute approximate surface area is 176 Å². The van der Waals surface area contributed by atoms with E-state index in [1.807, 2.05) is 41.8 Å². The number of benzene rings is 2. The molecule has 0 saturated carbocycles. The Bertz CT molecular complexity index is 1110. The van der Waals surface area contributed by atoms with Crippen LogP contribution in [0.3, 0.4) is 0 Å². The molecule has 0 atom stereocenters. The number of ether oxygens (including phenoxy) is 1. The number of nitrogens with zero attached hydrogens (tertiary/aromatic N) is 2. The highest BCUT2D eigenvalue weighted by molar-refractivity contribution is 7.13. The van der Waals surface area contributed by atoms with E-state index in [-0.39, 0.29) is 12.3 Å². The number of halogens is 1. The van der Waals surface area contributed by atoms with E-state index in [9.17, 15) is 4.79 Å². The second-order valence-electron chi connectivity index (χ2n) is 6.07. The average Bonchev–Trinajstić information content (AvgIpc) is 3.41. The summed E-state index contributed by atoms with van der Waals surface area (Å²) in [4.78, 5) is 17.7. The fourth-order valence-corrected chi connectivity index (χ4v) is 3.42. The number of carbonyl (C=O) groups is 1. The van der Waals surface area contributed by atoms with Gasteiger partial charge < -0.3 is 14.6 Å². The standard InChI is InChI=1S/C21H16ClN3O3S/c22-14-6-1-3-8-16(14)27-17-9-4-2-7-15(17)23-19(26)11-12-20-24-21(25-28-20)18-10-5-13-29-18/h1-10,13H,11-12H2,(H,23,26). The first-order valence-electron chi connectivity index (χ1n) is 8.87. The molecule has 146 valence electrons. The summed E-state index contributed by atoms with van der Waals surface area (Å²) in [6, 6.07) is 18.2. The number of thiophene rings is 1. The van der Waals surface area contributed by atoms with Crippen LogP contribution in [-0.2, 0) is 11.2 Å². The molecule has 0 spiro atoms. The van der Waals surface area contributed by atoms with Crippen molar-refractivity contribution in [3.05, 3.63) is 77.0 Å². The lowest BCUT2D eigenvalue weighted by molar-refractivity contribution is -0.116. The Balaban J connectivity index is 1.38. The summed E-state index contributed by atoms with van der Waals surface area (Å²) in [6.07, 6.45) is 0.546. The topological polar surface area (TPSA) is 77.2 Å². The van der Waals surface area contributed by atoms with Crippen LogP contribution in [0.4, 0.5) is 5.69 Å². The minimum Gasteiger partial charge on any atom is -0.454 e. The fourth-order valence-electron chi connectivity index (χ4n) is 2.60. The predicted octanol–water partition coefficient (Wildman–Crippen LogP) is 5.82. The minimum absolute atomic E-state index is 0.184. The van der Waals surface area contributed by atoms with E-state index in [0.29, 0.717) is 40.3 Å². The van der Waals surface area contributed by atoms with Crippen molar-refractivity contribution in [2.75, 3.05) is 5.32 Å². The van der Waals surface area contributed by atoms with Gasteiger partial charge in [0.05, 0.1) is 15.6 Å². The zero-order valence-electron chi connectivity index (χ0n) is 15.2. The first-order chi connectivity index (χ1) is 14.2. The summed E-state index contributed by atoms with van der Waals surface area (Å²) in [5.74, 6) is 1.80. The second kappa shape index (κ2) is 8.89. The highest BCUT2D eigenvalue weighted by Crippen LogP contribution is 2.33. The number of nitrogens with one attached hydrogen (secondary N) is 1. The van der Waals surface area contributed by atoms with Crippen molar-refractivity contribution < 1.29 is 14.1 Å². The first-order valence-corrected chi connectivity index (χ1v) is 10.1. The maximum atomic E-state index is 12.4. The lowest BCUT2D eigenvalue weighted by atomic mass is 10.2. The van der Waals surface area contributed by atoms with Crippen LogP contribution in [0.25, 0.3) is 10.7 Å². The van der Waals surface area contributed by atoms with Crippen LogP contribution in [-0.4, -0.2) is 16.0 Å².